The first-order valence-electron chi connectivity index (χ1n) is 18.1. The molecule has 3 aliphatic heterocycles. The highest BCUT2D eigenvalue weighted by Gasteiger charge is 2.60. The molecule has 0 aromatic heterocycles. The van der Waals surface area contributed by atoms with E-state index in [1.54, 1.807) is 0 Å². The number of hydrogen-bond acceptors (Lipinski definition) is 19. The number of hydrogen-bond donors (Lipinski definition) is 13. The van der Waals surface area contributed by atoms with Gasteiger partial charge in [-0.2, -0.15) is 0 Å². The topological polar surface area (TPSA) is 368 Å². The molecule has 3 aliphatic rings. The van der Waals surface area contributed by atoms with Crippen LogP contribution in [-0.2, 0) is 42.8 Å². The van der Waals surface area contributed by atoms with Crippen LogP contribution in [0.5, 0.6) is 0 Å². The van der Waals surface area contributed by atoms with Crippen LogP contribution in [0.25, 0.3) is 0 Å². The van der Waals surface area contributed by atoms with Crippen LogP contribution in [0.3, 0.4) is 0 Å². The van der Waals surface area contributed by atoms with Crippen molar-refractivity contribution >= 4 is 35.3 Å². The Labute approximate surface area is 335 Å². The monoisotopic (exact) mass is 854 g/mol. The number of halogens is 1. The molecule has 0 unspecified atom stereocenters. The number of carbonyl (C=O) groups excluding carboxylic acids is 3. The first kappa shape index (κ1) is 47.5. The second kappa shape index (κ2) is 20.9. The molecule has 3 amide bonds. The Morgan fingerprint density at radius 2 is 1.50 bits per heavy atom. The maximum Gasteiger partial charge on any atom is 0.364 e. The molecule has 14 N–H and O–H groups in total. The van der Waals surface area contributed by atoms with Gasteiger partial charge in [0.25, 0.3) is 11.7 Å². The van der Waals surface area contributed by atoms with Gasteiger partial charge in [0.15, 0.2) is 12.6 Å². The van der Waals surface area contributed by atoms with Crippen LogP contribution in [0, 0.1) is 0 Å². The lowest BCUT2D eigenvalue weighted by atomic mass is 9.88. The number of benzene rings is 1. The SMILES string of the molecule is CC(=O)N[C@H]1[C@H](OCCN)O[C@H](CO)[C@@H](O[C@@H]2O[C@H](CO)[C@H](O)[C@H](O[C@]3(C(=O)O)C[C@H](O)[C@@H](NC(C)=O)[C@H]([C@H](O)[C@H](O)CNC(=O)c4ccc(Cl)cc4)O3)[C@H]2O)[C@@H]1O. The lowest BCUT2D eigenvalue weighted by molar-refractivity contribution is -0.382. The molecule has 3 fully saturated rings. The van der Waals surface area contributed by atoms with E-state index in [2.05, 4.69) is 16.0 Å². The van der Waals surface area contributed by atoms with Gasteiger partial charge in [0.2, 0.25) is 11.8 Å². The van der Waals surface area contributed by atoms with Crippen molar-refractivity contribution < 1.29 is 93.6 Å². The van der Waals surface area contributed by atoms with Crippen molar-refractivity contribution in [3.63, 3.8) is 0 Å². The number of nitrogens with one attached hydrogen (secondary N) is 3. The summed E-state index contributed by atoms with van der Waals surface area (Å²) in [5.74, 6) is -7.18. The van der Waals surface area contributed by atoms with Crippen molar-refractivity contribution in [2.24, 2.45) is 5.73 Å². The molecule has 58 heavy (non-hydrogen) atoms. The number of amides is 3. The number of aliphatic carboxylic acids is 1. The Kier molecular flexibility index (Phi) is 17.1. The molecule has 3 saturated heterocycles. The quantitative estimate of drug-likeness (QED) is 0.0693. The highest BCUT2D eigenvalue weighted by Crippen LogP contribution is 2.38. The third kappa shape index (κ3) is 11.1. The highest BCUT2D eigenvalue weighted by atomic mass is 35.5. The Morgan fingerprint density at radius 1 is 0.897 bits per heavy atom. The van der Waals surface area contributed by atoms with E-state index in [0.29, 0.717) is 5.02 Å². The van der Waals surface area contributed by atoms with Crippen LogP contribution in [-0.4, -0.2) is 200 Å². The van der Waals surface area contributed by atoms with Crippen molar-refractivity contribution in [3.05, 3.63) is 34.9 Å². The molecule has 0 aliphatic carbocycles. The van der Waals surface area contributed by atoms with Gasteiger partial charge in [-0.25, -0.2) is 4.79 Å². The van der Waals surface area contributed by atoms with Gasteiger partial charge in [-0.1, -0.05) is 11.6 Å². The van der Waals surface area contributed by atoms with Gasteiger partial charge in [-0.15, -0.1) is 0 Å². The summed E-state index contributed by atoms with van der Waals surface area (Å²) in [7, 11) is 0. The molecule has 1 aromatic carbocycles. The van der Waals surface area contributed by atoms with Gasteiger partial charge < -0.3 is 96.1 Å². The van der Waals surface area contributed by atoms with Crippen LogP contribution in [0.4, 0.5) is 0 Å². The average molecular weight is 855 g/mol. The van der Waals surface area contributed by atoms with Gasteiger partial charge in [0, 0.05) is 43.9 Å². The Morgan fingerprint density at radius 3 is 2.07 bits per heavy atom. The Bertz CT molecular complexity index is 1550. The minimum Gasteiger partial charge on any atom is -0.477 e. The molecule has 23 nitrogen and oxygen atoms in total. The van der Waals surface area contributed by atoms with Gasteiger partial charge in [-0.3, -0.25) is 14.4 Å². The number of aliphatic hydroxyl groups excluding tert-OH is 8. The summed E-state index contributed by atoms with van der Waals surface area (Å²) in [5, 5.41) is 106. The van der Waals surface area contributed by atoms with Gasteiger partial charge >= 0.3 is 5.97 Å². The summed E-state index contributed by atoms with van der Waals surface area (Å²) < 4.78 is 34.1. The second-order valence-corrected chi connectivity index (χ2v) is 14.3. The molecular formula is C34H51ClN4O19. The van der Waals surface area contributed by atoms with Gasteiger partial charge in [0.1, 0.15) is 61.0 Å². The van der Waals surface area contributed by atoms with E-state index in [1.165, 1.54) is 24.3 Å². The van der Waals surface area contributed by atoms with Crippen LogP contribution < -0.4 is 21.7 Å². The van der Waals surface area contributed by atoms with Crippen LogP contribution >= 0.6 is 11.6 Å². The molecule has 1 aromatic rings. The third-order valence-corrected chi connectivity index (χ3v) is 9.89. The molecule has 0 radical (unpaired) electrons. The van der Waals surface area contributed by atoms with E-state index in [0.717, 1.165) is 13.8 Å². The minimum absolute atomic E-state index is 0.0247. The third-order valence-electron chi connectivity index (χ3n) is 9.64. The second-order valence-electron chi connectivity index (χ2n) is 13.9. The average Bonchev–Trinajstić information content (AvgIpc) is 3.17. The summed E-state index contributed by atoms with van der Waals surface area (Å²) in [5.41, 5.74) is 5.63. The van der Waals surface area contributed by atoms with Crippen molar-refractivity contribution in [2.75, 3.05) is 32.9 Å². The number of carbonyl (C=O) groups is 4. The van der Waals surface area contributed by atoms with Crippen molar-refractivity contribution in [1.29, 1.82) is 0 Å². The zero-order valence-corrected chi connectivity index (χ0v) is 32.0. The number of aliphatic hydroxyl groups is 8. The maximum atomic E-state index is 13.0. The number of ether oxygens (including phenoxy) is 6. The summed E-state index contributed by atoms with van der Waals surface area (Å²) in [6.45, 7) is -0.354. The zero-order valence-electron chi connectivity index (χ0n) is 31.3. The number of carboxylic acids is 1. The van der Waals surface area contributed by atoms with Crippen molar-refractivity contribution in [2.45, 2.75) is 118 Å². The van der Waals surface area contributed by atoms with E-state index in [1.807, 2.05) is 0 Å². The van der Waals surface area contributed by atoms with Crippen LogP contribution in [0.1, 0.15) is 30.6 Å². The smallest absolute Gasteiger partial charge is 0.364 e. The van der Waals surface area contributed by atoms with Gasteiger partial charge in [-0.05, 0) is 24.3 Å². The summed E-state index contributed by atoms with van der Waals surface area (Å²) in [6, 6.07) is 2.70. The minimum atomic E-state index is -3.09. The number of nitrogens with two attached hydrogens (primary N) is 1. The first-order valence-corrected chi connectivity index (χ1v) is 18.5. The molecule has 0 spiro atoms. The fourth-order valence-corrected chi connectivity index (χ4v) is 6.92. The fourth-order valence-electron chi connectivity index (χ4n) is 6.79. The first-order chi connectivity index (χ1) is 27.4. The van der Waals surface area contributed by atoms with E-state index < -0.39 is 147 Å². The van der Waals surface area contributed by atoms with Crippen molar-refractivity contribution in [3.8, 4) is 0 Å². The predicted molar refractivity (Wildman–Crippen MR) is 191 cm³/mol. The Hall–Kier alpha value is -3.21. The lowest BCUT2D eigenvalue weighted by Gasteiger charge is -2.51. The fraction of sp³-hybridized carbons (Fsp3) is 0.706. The van der Waals surface area contributed by atoms with E-state index in [-0.39, 0.29) is 18.7 Å². The normalized spacial score (nSPS) is 36.3. The molecule has 24 heteroatoms. The van der Waals surface area contributed by atoms with Crippen LogP contribution in [0.2, 0.25) is 5.02 Å². The standard InChI is InChI=1S/C34H51ClN4O19/c1-13(42)38-21-17(44)9-34(33(51)52,57-28(21)23(46)18(45)10-37-30(50)15-3-5-16(35)6-4-15)58-29-24(47)19(11-40)54-32(26(29)49)56-27-20(12-41)55-31(53-8-7-36)22(25(27)48)39-14(2)43/h3-6,17-29,31-32,40-41,44-49H,7-12,36H2,1-2H3,(H,37,50)(H,38,42)(H,39,43)(H,51,52)/t17-,18+,19+,20+,21+,22+,23+,24-,25+,26+,27+,28+,29-,31+,32-,34-/m0/s1. The molecule has 16 atom stereocenters. The van der Waals surface area contributed by atoms with E-state index >= 15 is 0 Å². The molecule has 3 heterocycles. The van der Waals surface area contributed by atoms with E-state index in [9.17, 15) is 65.1 Å². The lowest BCUT2D eigenvalue weighted by Crippen LogP contribution is -2.71. The molecular weight excluding hydrogens is 804 g/mol. The molecule has 4 rings (SSSR count). The van der Waals surface area contributed by atoms with E-state index in [4.69, 9.17) is 45.8 Å². The number of carboxylic acid groups (broad SMARTS) is 1. The summed E-state index contributed by atoms with van der Waals surface area (Å²) in [4.78, 5) is 49.8. The molecule has 0 bridgehead atoms. The van der Waals surface area contributed by atoms with Crippen LogP contribution in [0.15, 0.2) is 24.3 Å². The largest absolute Gasteiger partial charge is 0.477 e. The number of rotatable bonds is 17. The summed E-state index contributed by atoms with van der Waals surface area (Å²) >= 11 is 5.86. The Balaban J connectivity index is 1.61. The van der Waals surface area contributed by atoms with Crippen molar-refractivity contribution in [1.82, 2.24) is 16.0 Å². The molecule has 0 saturated carbocycles. The van der Waals surface area contributed by atoms with Gasteiger partial charge in [0.05, 0.1) is 38.1 Å². The summed E-state index contributed by atoms with van der Waals surface area (Å²) in [6.07, 6.45) is -25.4. The zero-order chi connectivity index (χ0) is 43.1. The highest BCUT2D eigenvalue weighted by molar-refractivity contribution is 6.30. The predicted octanol–water partition coefficient (Wildman–Crippen LogP) is -6.01. The molecule has 328 valence electrons. The maximum absolute atomic E-state index is 13.0.